The number of ether oxygens (including phenoxy) is 1. The van der Waals surface area contributed by atoms with Crippen LogP contribution in [0.5, 0.6) is 0 Å². The molecule has 4 aromatic heterocycles. The first kappa shape index (κ1) is 18.6. The van der Waals surface area contributed by atoms with E-state index in [0.717, 1.165) is 0 Å². The molecule has 29 heavy (non-hydrogen) atoms. The maximum absolute atomic E-state index is 13.0. The second kappa shape index (κ2) is 7.70. The lowest BCUT2D eigenvalue weighted by Crippen LogP contribution is -2.31. The van der Waals surface area contributed by atoms with Gasteiger partial charge in [0.1, 0.15) is 22.3 Å². The van der Waals surface area contributed by atoms with E-state index in [1.807, 2.05) is 10.8 Å². The fraction of sp³-hybridized carbons (Fsp3) is 0.250. The first-order chi connectivity index (χ1) is 14.1. The van der Waals surface area contributed by atoms with Crippen LogP contribution < -0.4 is 11.0 Å². The monoisotopic (exact) mass is 392 g/mol. The second-order valence-corrected chi connectivity index (χ2v) is 6.52. The van der Waals surface area contributed by atoms with Gasteiger partial charge >= 0.3 is 5.97 Å². The summed E-state index contributed by atoms with van der Waals surface area (Å²) in [4.78, 5) is 34.0. The Labute approximate surface area is 165 Å². The van der Waals surface area contributed by atoms with Gasteiger partial charge in [0.05, 0.1) is 18.3 Å². The standard InChI is InChI=1S/C20H20N6O3/c1-2-29-20(28)14-12-15-18(23-16-6-3-4-9-25(16)19(15)27)26(17(14)21)10-5-8-24-11-7-22-13-24/h3-4,6-7,9,11-13,21H,2,5,8,10H2,1H3. The SMILES string of the molecule is CCOC(=O)c1cc2c(=O)n3ccccc3nc2n(CCCn2ccnc2)c1=N. The summed E-state index contributed by atoms with van der Waals surface area (Å²) in [6, 6.07) is 6.69. The number of nitrogens with zero attached hydrogens (tertiary/aromatic N) is 5. The number of aryl methyl sites for hydroxylation is 2. The minimum absolute atomic E-state index is 0.0197. The van der Waals surface area contributed by atoms with Gasteiger partial charge < -0.3 is 13.9 Å². The minimum atomic E-state index is -0.625. The fourth-order valence-electron chi connectivity index (χ4n) is 3.30. The minimum Gasteiger partial charge on any atom is -0.462 e. The summed E-state index contributed by atoms with van der Waals surface area (Å²) in [5.41, 5.74) is 0.603. The predicted molar refractivity (Wildman–Crippen MR) is 106 cm³/mol. The van der Waals surface area contributed by atoms with Crippen molar-refractivity contribution in [3.05, 3.63) is 70.6 Å². The van der Waals surface area contributed by atoms with Gasteiger partial charge in [-0.15, -0.1) is 0 Å². The molecule has 0 saturated carbocycles. The average Bonchev–Trinajstić information content (AvgIpc) is 3.23. The Bertz CT molecular complexity index is 1300. The van der Waals surface area contributed by atoms with Crippen LogP contribution in [-0.4, -0.2) is 36.1 Å². The van der Waals surface area contributed by atoms with Crippen molar-refractivity contribution >= 4 is 22.6 Å². The number of fused-ring (bicyclic) bond motifs is 2. The summed E-state index contributed by atoms with van der Waals surface area (Å²) < 4.78 is 10.1. The first-order valence-corrected chi connectivity index (χ1v) is 9.32. The van der Waals surface area contributed by atoms with E-state index in [-0.39, 0.29) is 28.6 Å². The Morgan fingerprint density at radius 1 is 1.24 bits per heavy atom. The molecule has 0 aliphatic rings. The average molecular weight is 392 g/mol. The van der Waals surface area contributed by atoms with E-state index in [4.69, 9.17) is 10.1 Å². The van der Waals surface area contributed by atoms with E-state index in [0.29, 0.717) is 30.8 Å². The number of hydrogen-bond donors (Lipinski definition) is 1. The predicted octanol–water partition coefficient (Wildman–Crippen LogP) is 1.59. The highest BCUT2D eigenvalue weighted by atomic mass is 16.5. The van der Waals surface area contributed by atoms with Crippen molar-refractivity contribution in [2.24, 2.45) is 0 Å². The molecule has 4 aromatic rings. The number of pyridine rings is 2. The molecule has 4 rings (SSSR count). The number of carbonyl (C=O) groups excluding carboxylic acids is 1. The molecular formula is C20H20N6O3. The Hall–Kier alpha value is -3.75. The molecule has 9 heteroatoms. The quantitative estimate of drug-likeness (QED) is 0.396. The zero-order chi connectivity index (χ0) is 20.4. The molecule has 0 unspecified atom stereocenters. The maximum Gasteiger partial charge on any atom is 0.341 e. The Morgan fingerprint density at radius 2 is 2.10 bits per heavy atom. The van der Waals surface area contributed by atoms with Gasteiger partial charge in [-0.2, -0.15) is 0 Å². The van der Waals surface area contributed by atoms with E-state index in [2.05, 4.69) is 9.97 Å². The zero-order valence-corrected chi connectivity index (χ0v) is 15.9. The van der Waals surface area contributed by atoms with Crippen LogP contribution >= 0.6 is 0 Å². The highest BCUT2D eigenvalue weighted by molar-refractivity contribution is 5.93. The van der Waals surface area contributed by atoms with Gasteiger partial charge in [-0.3, -0.25) is 14.6 Å². The highest BCUT2D eigenvalue weighted by Gasteiger charge is 2.18. The number of rotatable bonds is 6. The molecule has 4 heterocycles. The molecule has 0 spiro atoms. The van der Waals surface area contributed by atoms with Crippen LogP contribution in [0.15, 0.2) is 54.0 Å². The highest BCUT2D eigenvalue weighted by Crippen LogP contribution is 2.12. The second-order valence-electron chi connectivity index (χ2n) is 6.52. The van der Waals surface area contributed by atoms with Crippen LogP contribution in [0.1, 0.15) is 23.7 Å². The fourth-order valence-corrected chi connectivity index (χ4v) is 3.30. The first-order valence-electron chi connectivity index (χ1n) is 9.32. The summed E-state index contributed by atoms with van der Waals surface area (Å²) in [6.45, 7) is 2.98. The summed E-state index contributed by atoms with van der Waals surface area (Å²) in [5, 5.41) is 8.84. The molecule has 0 bridgehead atoms. The smallest absolute Gasteiger partial charge is 0.341 e. The van der Waals surface area contributed by atoms with Crippen LogP contribution in [0.3, 0.4) is 0 Å². The van der Waals surface area contributed by atoms with E-state index < -0.39 is 5.97 Å². The lowest BCUT2D eigenvalue weighted by atomic mass is 10.2. The van der Waals surface area contributed by atoms with Gasteiger partial charge in [0, 0.05) is 31.7 Å². The number of carbonyl (C=O) groups is 1. The Balaban J connectivity index is 1.89. The molecule has 0 aromatic carbocycles. The molecule has 9 nitrogen and oxygen atoms in total. The van der Waals surface area contributed by atoms with Crippen molar-refractivity contribution in [3.8, 4) is 0 Å². The van der Waals surface area contributed by atoms with Crippen LogP contribution in [0, 0.1) is 5.41 Å². The molecule has 0 amide bonds. The van der Waals surface area contributed by atoms with Gasteiger partial charge in [-0.1, -0.05) is 6.07 Å². The van der Waals surface area contributed by atoms with Crippen LogP contribution in [0.25, 0.3) is 16.7 Å². The molecule has 0 aliphatic carbocycles. The number of hydrogen-bond acceptors (Lipinski definition) is 6. The van der Waals surface area contributed by atoms with Gasteiger partial charge in [0.15, 0.2) is 0 Å². The van der Waals surface area contributed by atoms with Crippen molar-refractivity contribution < 1.29 is 9.53 Å². The lowest BCUT2D eigenvalue weighted by Gasteiger charge is -2.14. The largest absolute Gasteiger partial charge is 0.462 e. The zero-order valence-electron chi connectivity index (χ0n) is 15.9. The van der Waals surface area contributed by atoms with Crippen LogP contribution in [-0.2, 0) is 17.8 Å². The molecule has 148 valence electrons. The van der Waals surface area contributed by atoms with Gasteiger partial charge in [-0.25, -0.2) is 14.8 Å². The van der Waals surface area contributed by atoms with Crippen LogP contribution in [0.4, 0.5) is 0 Å². The van der Waals surface area contributed by atoms with E-state index in [1.165, 1.54) is 10.5 Å². The Morgan fingerprint density at radius 3 is 2.86 bits per heavy atom. The van der Waals surface area contributed by atoms with E-state index >= 15 is 0 Å². The summed E-state index contributed by atoms with van der Waals surface area (Å²) in [5.74, 6) is -0.625. The van der Waals surface area contributed by atoms with Gasteiger partial charge in [0.25, 0.3) is 5.56 Å². The number of aromatic nitrogens is 5. The summed E-state index contributed by atoms with van der Waals surface area (Å²) in [6.07, 6.45) is 7.58. The van der Waals surface area contributed by atoms with E-state index in [9.17, 15) is 9.59 Å². The number of nitrogens with one attached hydrogen (secondary N) is 1. The maximum atomic E-state index is 13.0. The van der Waals surface area contributed by atoms with Crippen molar-refractivity contribution in [1.29, 1.82) is 5.41 Å². The topological polar surface area (TPSA) is 107 Å². The van der Waals surface area contributed by atoms with Gasteiger partial charge in [0.2, 0.25) is 0 Å². The number of imidazole rings is 1. The molecule has 0 aliphatic heterocycles. The third-order valence-corrected chi connectivity index (χ3v) is 4.67. The molecule has 0 atom stereocenters. The van der Waals surface area contributed by atoms with Crippen molar-refractivity contribution in [1.82, 2.24) is 23.5 Å². The third kappa shape index (κ3) is 3.42. The van der Waals surface area contributed by atoms with Crippen LogP contribution in [0.2, 0.25) is 0 Å². The summed E-state index contributed by atoms with van der Waals surface area (Å²) >= 11 is 0. The Kier molecular flexibility index (Phi) is 4.94. The number of esters is 1. The van der Waals surface area contributed by atoms with Gasteiger partial charge in [-0.05, 0) is 31.5 Å². The van der Waals surface area contributed by atoms with Crippen molar-refractivity contribution in [3.63, 3.8) is 0 Å². The lowest BCUT2D eigenvalue weighted by molar-refractivity contribution is 0.0523. The third-order valence-electron chi connectivity index (χ3n) is 4.67. The molecular weight excluding hydrogens is 372 g/mol. The molecule has 1 N–H and O–H groups in total. The van der Waals surface area contributed by atoms with Crippen molar-refractivity contribution in [2.75, 3.05) is 6.61 Å². The summed E-state index contributed by atoms with van der Waals surface area (Å²) in [7, 11) is 0. The molecule has 0 radical (unpaired) electrons. The van der Waals surface area contributed by atoms with Crippen molar-refractivity contribution in [2.45, 2.75) is 26.4 Å². The van der Waals surface area contributed by atoms with E-state index in [1.54, 1.807) is 48.4 Å². The molecule has 0 fully saturated rings. The molecule has 0 saturated heterocycles. The normalized spacial score (nSPS) is 11.2.